The van der Waals surface area contributed by atoms with Gasteiger partial charge in [0.15, 0.2) is 5.03 Å². The van der Waals surface area contributed by atoms with Crippen molar-refractivity contribution >= 4 is 10.0 Å². The molecule has 2 heterocycles. The van der Waals surface area contributed by atoms with Gasteiger partial charge in [0.2, 0.25) is 0 Å². The van der Waals surface area contributed by atoms with E-state index in [1.807, 2.05) is 6.92 Å². The zero-order valence-corrected chi connectivity index (χ0v) is 12.2. The third kappa shape index (κ3) is 3.06. The Hall–Kier alpha value is -1.70. The number of nitrogens with zero attached hydrogens (tertiary/aromatic N) is 2. The molecule has 2 N–H and O–H groups in total. The van der Waals surface area contributed by atoms with E-state index in [2.05, 4.69) is 4.98 Å². The van der Waals surface area contributed by atoms with E-state index in [-0.39, 0.29) is 11.6 Å². The lowest BCUT2D eigenvalue weighted by Crippen LogP contribution is -2.27. The molecule has 0 spiro atoms. The predicted octanol–water partition coefficient (Wildman–Crippen LogP) is 1.26. The largest absolute Gasteiger partial charge is 0.465 e. The summed E-state index contributed by atoms with van der Waals surface area (Å²) in [5, 5.41) is 0.000443. The second kappa shape index (κ2) is 5.74. The van der Waals surface area contributed by atoms with E-state index in [0.29, 0.717) is 12.3 Å². The van der Waals surface area contributed by atoms with Gasteiger partial charge in [-0.05, 0) is 30.7 Å². The molecule has 2 aromatic heterocycles. The van der Waals surface area contributed by atoms with E-state index in [0.717, 1.165) is 11.3 Å². The predicted molar refractivity (Wildman–Crippen MR) is 74.2 cm³/mol. The second-order valence-electron chi connectivity index (χ2n) is 4.48. The van der Waals surface area contributed by atoms with Gasteiger partial charge in [-0.25, -0.2) is 13.4 Å². The molecule has 0 fully saturated rings. The van der Waals surface area contributed by atoms with Crippen LogP contribution in [0.5, 0.6) is 0 Å². The minimum Gasteiger partial charge on any atom is -0.465 e. The lowest BCUT2D eigenvalue weighted by Gasteiger charge is -2.15. The molecule has 0 saturated carbocycles. The number of pyridine rings is 1. The Labute approximate surface area is 118 Å². The molecule has 0 unspecified atom stereocenters. The Morgan fingerprint density at radius 1 is 1.30 bits per heavy atom. The van der Waals surface area contributed by atoms with Gasteiger partial charge in [0.25, 0.3) is 10.0 Å². The fourth-order valence-corrected chi connectivity index (χ4v) is 2.76. The molecule has 0 saturated heterocycles. The fraction of sp³-hybridized carbons (Fsp3) is 0.308. The van der Waals surface area contributed by atoms with E-state index in [9.17, 15) is 8.42 Å². The molecule has 20 heavy (non-hydrogen) atoms. The van der Waals surface area contributed by atoms with Crippen molar-refractivity contribution in [1.82, 2.24) is 9.29 Å². The van der Waals surface area contributed by atoms with E-state index in [1.54, 1.807) is 18.2 Å². The van der Waals surface area contributed by atoms with Crippen LogP contribution in [0.2, 0.25) is 0 Å². The second-order valence-corrected chi connectivity index (χ2v) is 6.47. The van der Waals surface area contributed by atoms with Crippen molar-refractivity contribution in [3.05, 3.63) is 47.5 Å². The van der Waals surface area contributed by atoms with Crippen LogP contribution in [0.4, 0.5) is 0 Å². The van der Waals surface area contributed by atoms with Crippen LogP contribution in [-0.4, -0.2) is 24.8 Å². The SMILES string of the molecule is Cc1ccc(CN(C)S(=O)(=O)c2ccc(CN)cn2)o1. The number of rotatable bonds is 5. The van der Waals surface area contributed by atoms with E-state index < -0.39 is 10.0 Å². The molecular formula is C13H17N3O3S. The van der Waals surface area contributed by atoms with Crippen LogP contribution in [0.25, 0.3) is 0 Å². The van der Waals surface area contributed by atoms with Gasteiger partial charge in [0.1, 0.15) is 11.5 Å². The van der Waals surface area contributed by atoms with Crippen molar-refractivity contribution < 1.29 is 12.8 Å². The molecule has 0 aliphatic rings. The summed E-state index contributed by atoms with van der Waals surface area (Å²) in [6.45, 7) is 2.30. The van der Waals surface area contributed by atoms with Crippen LogP contribution in [-0.2, 0) is 23.1 Å². The number of aromatic nitrogens is 1. The number of aryl methyl sites for hydroxylation is 1. The van der Waals surface area contributed by atoms with Crippen LogP contribution in [0, 0.1) is 6.92 Å². The average Bonchev–Trinajstić information content (AvgIpc) is 2.84. The molecular weight excluding hydrogens is 278 g/mol. The van der Waals surface area contributed by atoms with Crippen LogP contribution < -0.4 is 5.73 Å². The molecule has 108 valence electrons. The summed E-state index contributed by atoms with van der Waals surface area (Å²) in [6.07, 6.45) is 1.47. The molecule has 0 radical (unpaired) electrons. The van der Waals surface area contributed by atoms with Crippen molar-refractivity contribution in [2.75, 3.05) is 7.05 Å². The third-order valence-electron chi connectivity index (χ3n) is 2.88. The van der Waals surface area contributed by atoms with Crippen molar-refractivity contribution in [3.8, 4) is 0 Å². The quantitative estimate of drug-likeness (QED) is 0.897. The Balaban J connectivity index is 2.19. The average molecular weight is 295 g/mol. The van der Waals surface area contributed by atoms with Gasteiger partial charge in [-0.3, -0.25) is 0 Å². The maximum Gasteiger partial charge on any atom is 0.260 e. The normalized spacial score (nSPS) is 12.0. The number of sulfonamides is 1. The first-order chi connectivity index (χ1) is 9.43. The molecule has 2 aromatic rings. The van der Waals surface area contributed by atoms with Gasteiger partial charge in [0, 0.05) is 19.8 Å². The number of hydrogen-bond donors (Lipinski definition) is 1. The lowest BCUT2D eigenvalue weighted by atomic mass is 10.3. The molecule has 7 heteroatoms. The number of nitrogens with two attached hydrogens (primary N) is 1. The zero-order chi connectivity index (χ0) is 14.8. The van der Waals surface area contributed by atoms with Crippen molar-refractivity contribution in [1.29, 1.82) is 0 Å². The number of furan rings is 1. The Morgan fingerprint density at radius 2 is 2.05 bits per heavy atom. The van der Waals surface area contributed by atoms with Gasteiger partial charge >= 0.3 is 0 Å². The summed E-state index contributed by atoms with van der Waals surface area (Å²) in [7, 11) is -2.14. The van der Waals surface area contributed by atoms with E-state index in [4.69, 9.17) is 10.2 Å². The monoisotopic (exact) mass is 295 g/mol. The number of hydrogen-bond acceptors (Lipinski definition) is 5. The standard InChI is InChI=1S/C13H17N3O3S/c1-10-3-5-12(19-10)9-16(2)20(17,18)13-6-4-11(7-14)8-15-13/h3-6,8H,7,9,14H2,1-2H3. The highest BCUT2D eigenvalue weighted by Gasteiger charge is 2.23. The third-order valence-corrected chi connectivity index (χ3v) is 4.60. The summed E-state index contributed by atoms with van der Waals surface area (Å²) >= 11 is 0. The minimum atomic E-state index is -3.63. The summed E-state index contributed by atoms with van der Waals surface area (Å²) in [5.41, 5.74) is 6.25. The first-order valence-corrected chi connectivity index (χ1v) is 7.54. The Kier molecular flexibility index (Phi) is 4.22. The van der Waals surface area contributed by atoms with Crippen molar-refractivity contribution in [2.24, 2.45) is 5.73 Å². The minimum absolute atomic E-state index is 0.000443. The molecule has 0 aromatic carbocycles. The molecule has 0 atom stereocenters. The molecule has 0 aliphatic carbocycles. The topological polar surface area (TPSA) is 89.4 Å². The van der Waals surface area contributed by atoms with Gasteiger partial charge in [-0.2, -0.15) is 4.31 Å². The summed E-state index contributed by atoms with van der Waals surface area (Å²) in [4.78, 5) is 3.95. The highest BCUT2D eigenvalue weighted by atomic mass is 32.2. The summed E-state index contributed by atoms with van der Waals surface area (Å²) in [6, 6.07) is 6.67. The summed E-state index contributed by atoms with van der Waals surface area (Å²) < 4.78 is 31.2. The highest BCUT2D eigenvalue weighted by molar-refractivity contribution is 7.89. The van der Waals surface area contributed by atoms with Crippen molar-refractivity contribution in [2.45, 2.75) is 25.0 Å². The molecule has 0 bridgehead atoms. The smallest absolute Gasteiger partial charge is 0.260 e. The molecule has 0 aliphatic heterocycles. The van der Waals surface area contributed by atoms with Crippen molar-refractivity contribution in [3.63, 3.8) is 0 Å². The van der Waals surface area contributed by atoms with Gasteiger partial charge in [0.05, 0.1) is 6.54 Å². The van der Waals surface area contributed by atoms with Crippen LogP contribution in [0.3, 0.4) is 0 Å². The van der Waals surface area contributed by atoms with Crippen LogP contribution in [0.1, 0.15) is 17.1 Å². The molecule has 0 amide bonds. The zero-order valence-electron chi connectivity index (χ0n) is 11.4. The maximum absolute atomic E-state index is 12.3. The lowest BCUT2D eigenvalue weighted by molar-refractivity contribution is 0.396. The van der Waals surface area contributed by atoms with E-state index >= 15 is 0 Å². The molecule has 2 rings (SSSR count). The maximum atomic E-state index is 12.3. The Bertz CT molecular complexity index is 677. The van der Waals surface area contributed by atoms with Gasteiger partial charge < -0.3 is 10.2 Å². The van der Waals surface area contributed by atoms with Crippen LogP contribution in [0.15, 0.2) is 39.9 Å². The van der Waals surface area contributed by atoms with Gasteiger partial charge in [-0.1, -0.05) is 6.07 Å². The first kappa shape index (κ1) is 14.7. The highest BCUT2D eigenvalue weighted by Crippen LogP contribution is 2.16. The van der Waals surface area contributed by atoms with Crippen LogP contribution >= 0.6 is 0 Å². The fourth-order valence-electron chi connectivity index (χ4n) is 1.72. The Morgan fingerprint density at radius 3 is 2.55 bits per heavy atom. The molecule has 6 nitrogen and oxygen atoms in total. The van der Waals surface area contributed by atoms with E-state index in [1.165, 1.54) is 23.6 Å². The summed E-state index contributed by atoms with van der Waals surface area (Å²) in [5.74, 6) is 1.34. The first-order valence-electron chi connectivity index (χ1n) is 6.10. The van der Waals surface area contributed by atoms with Gasteiger partial charge in [-0.15, -0.1) is 0 Å².